The normalized spacial score (nSPS) is 15.2. The van der Waals surface area contributed by atoms with Crippen molar-refractivity contribution < 1.29 is 4.79 Å². The van der Waals surface area contributed by atoms with Gasteiger partial charge in [-0.2, -0.15) is 5.10 Å². The first-order valence-corrected chi connectivity index (χ1v) is 7.06. The third-order valence-corrected chi connectivity index (χ3v) is 3.23. The molecule has 0 bridgehead atoms. The van der Waals surface area contributed by atoms with E-state index in [0.29, 0.717) is 12.3 Å². The smallest absolute Gasteiger partial charge is 0.248 e. The molecule has 0 aliphatic carbocycles. The second kappa shape index (κ2) is 6.50. The molecular formula is C16H22N2O. The fourth-order valence-electron chi connectivity index (χ4n) is 2.36. The number of rotatable bonds is 6. The molecule has 1 heterocycles. The van der Waals surface area contributed by atoms with E-state index < -0.39 is 0 Å². The summed E-state index contributed by atoms with van der Waals surface area (Å²) in [6.07, 6.45) is 3.41. The lowest BCUT2D eigenvalue weighted by Crippen LogP contribution is -2.22. The van der Waals surface area contributed by atoms with Crippen molar-refractivity contribution >= 4 is 11.6 Å². The Bertz CT molecular complexity index is 451. The zero-order valence-corrected chi connectivity index (χ0v) is 11.8. The first-order chi connectivity index (χ1) is 9.15. The van der Waals surface area contributed by atoms with Gasteiger partial charge in [-0.05, 0) is 30.7 Å². The molecule has 3 nitrogen and oxygen atoms in total. The topological polar surface area (TPSA) is 32.7 Å². The Morgan fingerprint density at radius 2 is 2.00 bits per heavy atom. The van der Waals surface area contributed by atoms with Crippen LogP contribution in [0.3, 0.4) is 0 Å². The number of carbonyl (C=O) groups is 1. The summed E-state index contributed by atoms with van der Waals surface area (Å²) < 4.78 is 0. The molecule has 0 radical (unpaired) electrons. The fraction of sp³-hybridized carbons (Fsp3) is 0.500. The minimum atomic E-state index is 0.156. The molecule has 0 fully saturated rings. The third-order valence-electron chi connectivity index (χ3n) is 3.23. The SMILES string of the molecule is CC(C)CC1=NN(CCCc2ccccc2)C(=O)C1. The summed E-state index contributed by atoms with van der Waals surface area (Å²) in [5.74, 6) is 0.722. The summed E-state index contributed by atoms with van der Waals surface area (Å²) in [5, 5.41) is 6.09. The summed E-state index contributed by atoms with van der Waals surface area (Å²) in [4.78, 5) is 11.8. The molecule has 0 aromatic heterocycles. The van der Waals surface area contributed by atoms with Crippen molar-refractivity contribution in [1.82, 2.24) is 5.01 Å². The number of hydrogen-bond donors (Lipinski definition) is 0. The standard InChI is InChI=1S/C16H22N2O/c1-13(2)11-15-12-16(19)18(17-15)10-6-9-14-7-4-3-5-8-14/h3-5,7-8,13H,6,9-12H2,1-2H3. The highest BCUT2D eigenvalue weighted by molar-refractivity contribution is 6.04. The molecule has 0 unspecified atom stereocenters. The van der Waals surface area contributed by atoms with Gasteiger partial charge < -0.3 is 0 Å². The van der Waals surface area contributed by atoms with Crippen LogP contribution in [0.15, 0.2) is 35.4 Å². The molecule has 1 amide bonds. The fourth-order valence-corrected chi connectivity index (χ4v) is 2.36. The number of carbonyl (C=O) groups excluding carboxylic acids is 1. The Morgan fingerprint density at radius 1 is 1.26 bits per heavy atom. The van der Waals surface area contributed by atoms with Gasteiger partial charge in [-0.3, -0.25) is 4.79 Å². The van der Waals surface area contributed by atoms with Crippen molar-refractivity contribution in [3.8, 4) is 0 Å². The lowest BCUT2D eigenvalue weighted by molar-refractivity contribution is -0.128. The van der Waals surface area contributed by atoms with Gasteiger partial charge in [0.05, 0.1) is 6.42 Å². The van der Waals surface area contributed by atoms with Crippen LogP contribution in [0.25, 0.3) is 0 Å². The minimum Gasteiger partial charge on any atom is -0.273 e. The Kier molecular flexibility index (Phi) is 4.72. The third kappa shape index (κ3) is 4.19. The highest BCUT2D eigenvalue weighted by Crippen LogP contribution is 2.15. The highest BCUT2D eigenvalue weighted by atomic mass is 16.2. The maximum absolute atomic E-state index is 11.8. The van der Waals surface area contributed by atoms with Gasteiger partial charge in [0.25, 0.3) is 0 Å². The van der Waals surface area contributed by atoms with Gasteiger partial charge in [-0.25, -0.2) is 5.01 Å². The van der Waals surface area contributed by atoms with Gasteiger partial charge in [0.2, 0.25) is 5.91 Å². The van der Waals surface area contributed by atoms with Crippen molar-refractivity contribution in [2.45, 2.75) is 39.5 Å². The monoisotopic (exact) mass is 258 g/mol. The van der Waals surface area contributed by atoms with Crippen LogP contribution < -0.4 is 0 Å². The number of benzene rings is 1. The quantitative estimate of drug-likeness (QED) is 0.771. The van der Waals surface area contributed by atoms with E-state index in [1.807, 2.05) is 6.07 Å². The van der Waals surface area contributed by atoms with Crippen molar-refractivity contribution in [3.05, 3.63) is 35.9 Å². The number of hydrogen-bond acceptors (Lipinski definition) is 2. The van der Waals surface area contributed by atoms with E-state index in [2.05, 4.69) is 43.2 Å². The molecule has 0 spiro atoms. The zero-order chi connectivity index (χ0) is 13.7. The van der Waals surface area contributed by atoms with Crippen LogP contribution >= 0.6 is 0 Å². The Balaban J connectivity index is 1.79. The Hall–Kier alpha value is -1.64. The van der Waals surface area contributed by atoms with Gasteiger partial charge in [0.1, 0.15) is 0 Å². The number of amides is 1. The van der Waals surface area contributed by atoms with Crippen molar-refractivity contribution in [1.29, 1.82) is 0 Å². The lowest BCUT2D eigenvalue weighted by Gasteiger charge is -2.11. The van der Waals surface area contributed by atoms with Crippen LogP contribution in [0.1, 0.15) is 38.7 Å². The summed E-state index contributed by atoms with van der Waals surface area (Å²) in [6.45, 7) is 5.05. The lowest BCUT2D eigenvalue weighted by atomic mass is 10.1. The average Bonchev–Trinajstić information content (AvgIpc) is 2.70. The number of nitrogens with zero attached hydrogens (tertiary/aromatic N) is 2. The molecule has 0 N–H and O–H groups in total. The second-order valence-electron chi connectivity index (χ2n) is 5.55. The molecule has 1 aromatic rings. The van der Waals surface area contributed by atoms with Crippen LogP contribution in [0.5, 0.6) is 0 Å². The molecule has 102 valence electrons. The van der Waals surface area contributed by atoms with E-state index in [0.717, 1.165) is 31.5 Å². The molecule has 0 saturated carbocycles. The van der Waals surface area contributed by atoms with Crippen LogP contribution in [-0.4, -0.2) is 23.2 Å². The minimum absolute atomic E-state index is 0.156. The maximum atomic E-state index is 11.8. The molecule has 0 atom stereocenters. The average molecular weight is 258 g/mol. The molecule has 1 aromatic carbocycles. The first-order valence-electron chi connectivity index (χ1n) is 7.06. The van der Waals surface area contributed by atoms with Gasteiger partial charge in [-0.15, -0.1) is 0 Å². The van der Waals surface area contributed by atoms with Gasteiger partial charge >= 0.3 is 0 Å². The van der Waals surface area contributed by atoms with E-state index >= 15 is 0 Å². The summed E-state index contributed by atoms with van der Waals surface area (Å²) in [7, 11) is 0. The second-order valence-corrected chi connectivity index (χ2v) is 5.55. The molecule has 0 saturated heterocycles. The van der Waals surface area contributed by atoms with Crippen LogP contribution in [0.2, 0.25) is 0 Å². The predicted molar refractivity (Wildman–Crippen MR) is 78.0 cm³/mol. The molecule has 1 aliphatic heterocycles. The molecule has 2 rings (SSSR count). The summed E-state index contributed by atoms with van der Waals surface area (Å²) in [5.41, 5.74) is 2.36. The van der Waals surface area contributed by atoms with Crippen LogP contribution in [0.4, 0.5) is 0 Å². The van der Waals surface area contributed by atoms with E-state index in [1.54, 1.807) is 5.01 Å². The molecular weight excluding hydrogens is 236 g/mol. The molecule has 19 heavy (non-hydrogen) atoms. The largest absolute Gasteiger partial charge is 0.273 e. The van der Waals surface area contributed by atoms with Crippen LogP contribution in [-0.2, 0) is 11.2 Å². The van der Waals surface area contributed by atoms with E-state index in [1.165, 1.54) is 5.56 Å². The predicted octanol–water partition coefficient (Wildman–Crippen LogP) is 3.25. The zero-order valence-electron chi connectivity index (χ0n) is 11.8. The van der Waals surface area contributed by atoms with Crippen LogP contribution in [0, 0.1) is 5.92 Å². The van der Waals surface area contributed by atoms with Crippen molar-refractivity contribution in [3.63, 3.8) is 0 Å². The highest BCUT2D eigenvalue weighted by Gasteiger charge is 2.23. The number of hydrazone groups is 1. The Morgan fingerprint density at radius 3 is 2.68 bits per heavy atom. The van der Waals surface area contributed by atoms with Crippen molar-refractivity contribution in [2.75, 3.05) is 6.54 Å². The molecule has 3 heteroatoms. The van der Waals surface area contributed by atoms with E-state index in [9.17, 15) is 4.79 Å². The van der Waals surface area contributed by atoms with Gasteiger partial charge in [-0.1, -0.05) is 44.2 Å². The Labute approximate surface area is 115 Å². The number of aryl methyl sites for hydroxylation is 1. The van der Waals surface area contributed by atoms with Gasteiger partial charge in [0, 0.05) is 12.3 Å². The summed E-state index contributed by atoms with van der Waals surface area (Å²) >= 11 is 0. The maximum Gasteiger partial charge on any atom is 0.248 e. The van der Waals surface area contributed by atoms with Gasteiger partial charge in [0.15, 0.2) is 0 Å². The summed E-state index contributed by atoms with van der Waals surface area (Å²) in [6, 6.07) is 10.4. The van der Waals surface area contributed by atoms with E-state index in [-0.39, 0.29) is 5.91 Å². The molecule has 1 aliphatic rings. The van der Waals surface area contributed by atoms with E-state index in [4.69, 9.17) is 0 Å². The first kappa shape index (κ1) is 13.8. The van der Waals surface area contributed by atoms with Crippen molar-refractivity contribution in [2.24, 2.45) is 11.0 Å².